The Labute approximate surface area is 231 Å². The number of fused-ring (bicyclic) bond motifs is 1. The average Bonchev–Trinajstić information content (AvgIpc) is 3.51. The van der Waals surface area contributed by atoms with Gasteiger partial charge in [0.05, 0.1) is 18.6 Å². The summed E-state index contributed by atoms with van der Waals surface area (Å²) in [5.74, 6) is 0.790. The third-order valence-electron chi connectivity index (χ3n) is 7.09. The minimum absolute atomic E-state index is 0.0301. The minimum atomic E-state index is -0.290. The summed E-state index contributed by atoms with van der Waals surface area (Å²) >= 11 is 0. The smallest absolute Gasteiger partial charge is 0.410 e. The largest absolute Gasteiger partial charge is 0.444 e. The van der Waals surface area contributed by atoms with Gasteiger partial charge in [-0.3, -0.25) is 4.79 Å². The number of imidazole rings is 1. The SMILES string of the molecule is CC(C)Nc1cc(NC2CCN(C(=O)O[C@H]3CCN(C(=O)/C=C/CN(C)C)C3)CC2)c2ncn(C(C)C)c2n1. The summed E-state index contributed by atoms with van der Waals surface area (Å²) in [6, 6.07) is 2.76. The van der Waals surface area contributed by atoms with Crippen molar-refractivity contribution in [3.05, 3.63) is 24.5 Å². The molecule has 1 atom stereocenters. The highest BCUT2D eigenvalue weighted by molar-refractivity contribution is 5.88. The van der Waals surface area contributed by atoms with Gasteiger partial charge < -0.3 is 34.6 Å². The fourth-order valence-electron chi connectivity index (χ4n) is 5.00. The van der Waals surface area contributed by atoms with E-state index in [0.717, 1.165) is 35.5 Å². The molecule has 214 valence electrons. The first-order chi connectivity index (χ1) is 18.6. The highest BCUT2D eigenvalue weighted by atomic mass is 16.6. The van der Waals surface area contributed by atoms with Gasteiger partial charge in [-0.1, -0.05) is 6.08 Å². The number of amides is 2. The number of ether oxygens (including phenoxy) is 1. The van der Waals surface area contributed by atoms with E-state index in [2.05, 4.69) is 47.9 Å². The van der Waals surface area contributed by atoms with Gasteiger partial charge in [0.25, 0.3) is 0 Å². The molecule has 11 heteroatoms. The second kappa shape index (κ2) is 12.7. The predicted molar refractivity (Wildman–Crippen MR) is 154 cm³/mol. The number of nitrogens with one attached hydrogen (secondary N) is 2. The van der Waals surface area contributed by atoms with Gasteiger partial charge in [0, 0.05) is 62.9 Å². The van der Waals surface area contributed by atoms with Crippen LogP contribution in [0.3, 0.4) is 0 Å². The van der Waals surface area contributed by atoms with Crippen molar-refractivity contribution < 1.29 is 14.3 Å². The zero-order valence-corrected chi connectivity index (χ0v) is 24.2. The molecule has 2 aromatic heterocycles. The van der Waals surface area contributed by atoms with E-state index in [1.807, 2.05) is 37.5 Å². The zero-order chi connectivity index (χ0) is 28.1. The summed E-state index contributed by atoms with van der Waals surface area (Å²) in [6.07, 6.45) is 7.05. The Hall–Kier alpha value is -3.34. The third-order valence-corrected chi connectivity index (χ3v) is 7.09. The van der Waals surface area contributed by atoms with Crippen LogP contribution in [-0.2, 0) is 9.53 Å². The highest BCUT2D eigenvalue weighted by Gasteiger charge is 2.31. The van der Waals surface area contributed by atoms with Crippen molar-refractivity contribution in [3.63, 3.8) is 0 Å². The molecule has 4 heterocycles. The Morgan fingerprint density at radius 1 is 1.13 bits per heavy atom. The van der Waals surface area contributed by atoms with Crippen molar-refractivity contribution in [3.8, 4) is 0 Å². The van der Waals surface area contributed by atoms with Crippen molar-refractivity contribution in [2.75, 3.05) is 57.5 Å². The van der Waals surface area contributed by atoms with E-state index in [1.165, 1.54) is 0 Å². The molecule has 0 saturated carbocycles. The predicted octanol–water partition coefficient (Wildman–Crippen LogP) is 3.56. The number of hydrogen-bond donors (Lipinski definition) is 2. The van der Waals surface area contributed by atoms with Crippen LogP contribution in [0.5, 0.6) is 0 Å². The number of carbonyl (C=O) groups is 2. The maximum atomic E-state index is 12.9. The molecule has 2 N–H and O–H groups in total. The maximum absolute atomic E-state index is 12.9. The van der Waals surface area contributed by atoms with Gasteiger partial charge in [0.2, 0.25) is 5.91 Å². The first-order valence-electron chi connectivity index (χ1n) is 14.1. The van der Waals surface area contributed by atoms with Gasteiger partial charge in [-0.2, -0.15) is 0 Å². The van der Waals surface area contributed by atoms with Crippen molar-refractivity contribution in [2.24, 2.45) is 0 Å². The molecule has 11 nitrogen and oxygen atoms in total. The molecule has 0 spiro atoms. The molecule has 39 heavy (non-hydrogen) atoms. The highest BCUT2D eigenvalue weighted by Crippen LogP contribution is 2.29. The van der Waals surface area contributed by atoms with Crippen molar-refractivity contribution in [2.45, 2.75) is 71.2 Å². The Morgan fingerprint density at radius 3 is 2.51 bits per heavy atom. The topological polar surface area (TPSA) is 108 Å². The number of likely N-dealkylation sites (N-methyl/N-ethyl adjacent to an activating group) is 1. The van der Waals surface area contributed by atoms with E-state index in [9.17, 15) is 9.59 Å². The van der Waals surface area contributed by atoms with Crippen molar-refractivity contribution in [1.82, 2.24) is 29.2 Å². The number of nitrogens with zero attached hydrogens (tertiary/aromatic N) is 6. The quantitative estimate of drug-likeness (QED) is 0.465. The van der Waals surface area contributed by atoms with E-state index in [0.29, 0.717) is 39.1 Å². The van der Waals surface area contributed by atoms with E-state index in [1.54, 1.807) is 15.9 Å². The van der Waals surface area contributed by atoms with E-state index >= 15 is 0 Å². The number of hydrogen-bond acceptors (Lipinski definition) is 8. The van der Waals surface area contributed by atoms with E-state index in [-0.39, 0.29) is 36.2 Å². The monoisotopic (exact) mass is 540 g/mol. The second-order valence-electron chi connectivity index (χ2n) is 11.4. The molecule has 2 saturated heterocycles. The van der Waals surface area contributed by atoms with Crippen LogP contribution in [0.2, 0.25) is 0 Å². The van der Waals surface area contributed by atoms with Crippen molar-refractivity contribution >= 4 is 34.7 Å². The van der Waals surface area contributed by atoms with Crippen LogP contribution in [0.15, 0.2) is 24.5 Å². The number of rotatable bonds is 9. The van der Waals surface area contributed by atoms with Crippen LogP contribution >= 0.6 is 0 Å². The van der Waals surface area contributed by atoms with Crippen LogP contribution in [0.4, 0.5) is 16.3 Å². The molecule has 0 bridgehead atoms. The minimum Gasteiger partial charge on any atom is -0.444 e. The summed E-state index contributed by atoms with van der Waals surface area (Å²) in [6.45, 7) is 11.4. The van der Waals surface area contributed by atoms with Crippen LogP contribution in [0.1, 0.15) is 53.0 Å². The number of carbonyl (C=O) groups excluding carboxylic acids is 2. The molecule has 0 unspecified atom stereocenters. The zero-order valence-electron chi connectivity index (χ0n) is 24.2. The first-order valence-corrected chi connectivity index (χ1v) is 14.1. The summed E-state index contributed by atoms with van der Waals surface area (Å²) in [5, 5.41) is 7.10. The maximum Gasteiger partial charge on any atom is 0.410 e. The molecule has 2 aromatic rings. The third kappa shape index (κ3) is 7.40. The molecule has 0 radical (unpaired) electrons. The molecule has 2 aliphatic heterocycles. The fraction of sp³-hybridized carbons (Fsp3) is 0.643. The fourth-order valence-corrected chi connectivity index (χ4v) is 5.00. The van der Waals surface area contributed by atoms with Gasteiger partial charge in [0.1, 0.15) is 17.4 Å². The van der Waals surface area contributed by atoms with Crippen LogP contribution < -0.4 is 10.6 Å². The molecule has 2 fully saturated rings. The Bertz CT molecular complexity index is 1170. The number of aromatic nitrogens is 3. The molecule has 2 aliphatic rings. The van der Waals surface area contributed by atoms with Gasteiger partial charge in [-0.15, -0.1) is 0 Å². The molecule has 0 aromatic carbocycles. The lowest BCUT2D eigenvalue weighted by atomic mass is 10.0. The van der Waals surface area contributed by atoms with E-state index in [4.69, 9.17) is 9.72 Å². The summed E-state index contributed by atoms with van der Waals surface area (Å²) in [4.78, 5) is 40.3. The number of likely N-dealkylation sites (tertiary alicyclic amines) is 2. The molecule has 2 amide bonds. The van der Waals surface area contributed by atoms with Crippen LogP contribution in [0, 0.1) is 0 Å². The summed E-state index contributed by atoms with van der Waals surface area (Å²) in [5.41, 5.74) is 2.67. The normalized spacial score (nSPS) is 18.7. The molecule has 0 aliphatic carbocycles. The summed E-state index contributed by atoms with van der Waals surface area (Å²) < 4.78 is 7.86. The van der Waals surface area contributed by atoms with Gasteiger partial charge in [-0.05, 0) is 54.6 Å². The van der Waals surface area contributed by atoms with Crippen LogP contribution in [-0.4, -0.2) is 106 Å². The Balaban J connectivity index is 1.30. The summed E-state index contributed by atoms with van der Waals surface area (Å²) in [7, 11) is 3.92. The van der Waals surface area contributed by atoms with Crippen LogP contribution in [0.25, 0.3) is 11.2 Å². The van der Waals surface area contributed by atoms with Gasteiger partial charge >= 0.3 is 6.09 Å². The standard InChI is InChI=1S/C28H44N8O3/c1-19(2)30-24-16-23(26-27(32-24)36(18-29-26)20(3)4)31-21-9-13-34(14-10-21)28(38)39-22-11-15-35(17-22)25(37)8-7-12-33(5)6/h7-8,16,18-22H,9-15,17H2,1-6H3,(H2,30,31,32)/b8-7+/t22-/m0/s1. The lowest BCUT2D eigenvalue weighted by Crippen LogP contribution is -2.44. The van der Waals surface area contributed by atoms with E-state index < -0.39 is 0 Å². The number of anilines is 2. The Kier molecular flexibility index (Phi) is 9.32. The lowest BCUT2D eigenvalue weighted by Gasteiger charge is -2.33. The average molecular weight is 541 g/mol. The number of piperidine rings is 1. The Morgan fingerprint density at radius 2 is 1.85 bits per heavy atom. The second-order valence-corrected chi connectivity index (χ2v) is 11.4. The van der Waals surface area contributed by atoms with Crippen molar-refractivity contribution in [1.29, 1.82) is 0 Å². The first kappa shape index (κ1) is 28.7. The molecular weight excluding hydrogens is 496 g/mol. The molecule has 4 rings (SSSR count). The lowest BCUT2D eigenvalue weighted by molar-refractivity contribution is -0.125. The van der Waals surface area contributed by atoms with Gasteiger partial charge in [-0.25, -0.2) is 14.8 Å². The molecular formula is C28H44N8O3. The number of pyridine rings is 1. The van der Waals surface area contributed by atoms with Gasteiger partial charge in [0.15, 0.2) is 5.65 Å².